The fraction of sp³-hybridized carbons (Fsp3) is 0.429. The largest absolute Gasteiger partial charge is 0.379 e. The Morgan fingerprint density at radius 3 is 2.68 bits per heavy atom. The number of rotatable bonds is 7. The first-order chi connectivity index (χ1) is 13.8. The first-order valence-electron chi connectivity index (χ1n) is 9.76. The van der Waals surface area contributed by atoms with Gasteiger partial charge in [0.25, 0.3) is 0 Å². The molecule has 2 N–H and O–H groups in total. The smallest absolute Gasteiger partial charge is 0.191 e. The monoisotopic (exact) mass is 401 g/mol. The molecule has 1 aromatic carbocycles. The molecule has 1 aliphatic heterocycles. The SMILES string of the molecule is CCNC(=NCc1ccccn1)NCC(c1ccccc1Cl)N1CCOCC1. The van der Waals surface area contributed by atoms with Gasteiger partial charge in [-0.1, -0.05) is 35.9 Å². The van der Waals surface area contributed by atoms with Gasteiger partial charge in [-0.2, -0.15) is 0 Å². The number of morpholine rings is 1. The molecule has 150 valence electrons. The van der Waals surface area contributed by atoms with Crippen LogP contribution >= 0.6 is 11.6 Å². The molecule has 28 heavy (non-hydrogen) atoms. The van der Waals surface area contributed by atoms with Crippen LogP contribution < -0.4 is 10.6 Å². The van der Waals surface area contributed by atoms with Crippen LogP contribution in [-0.2, 0) is 11.3 Å². The summed E-state index contributed by atoms with van der Waals surface area (Å²) in [6, 6.07) is 14.1. The van der Waals surface area contributed by atoms with Gasteiger partial charge in [-0.15, -0.1) is 0 Å². The molecule has 1 atom stereocenters. The fourth-order valence-electron chi connectivity index (χ4n) is 3.26. The minimum Gasteiger partial charge on any atom is -0.379 e. The zero-order valence-corrected chi connectivity index (χ0v) is 17.0. The Morgan fingerprint density at radius 2 is 1.96 bits per heavy atom. The van der Waals surface area contributed by atoms with Crippen molar-refractivity contribution >= 4 is 17.6 Å². The van der Waals surface area contributed by atoms with E-state index in [9.17, 15) is 0 Å². The second-order valence-corrected chi connectivity index (χ2v) is 6.99. The zero-order valence-electron chi connectivity index (χ0n) is 16.3. The lowest BCUT2D eigenvalue weighted by molar-refractivity contribution is 0.0170. The third-order valence-corrected chi connectivity index (χ3v) is 5.03. The lowest BCUT2D eigenvalue weighted by Gasteiger charge is -2.35. The van der Waals surface area contributed by atoms with Gasteiger partial charge in [-0.25, -0.2) is 4.99 Å². The molecule has 0 amide bonds. The molecule has 0 aliphatic carbocycles. The number of benzene rings is 1. The summed E-state index contributed by atoms with van der Waals surface area (Å²) in [5.74, 6) is 0.776. The van der Waals surface area contributed by atoms with E-state index < -0.39 is 0 Å². The lowest BCUT2D eigenvalue weighted by Crippen LogP contribution is -2.46. The lowest BCUT2D eigenvalue weighted by atomic mass is 10.0. The van der Waals surface area contributed by atoms with Crippen LogP contribution in [0, 0.1) is 0 Å². The van der Waals surface area contributed by atoms with E-state index >= 15 is 0 Å². The van der Waals surface area contributed by atoms with Crippen molar-refractivity contribution in [3.63, 3.8) is 0 Å². The second-order valence-electron chi connectivity index (χ2n) is 6.58. The van der Waals surface area contributed by atoms with Gasteiger partial charge in [0, 0.05) is 37.4 Å². The first kappa shape index (κ1) is 20.6. The van der Waals surface area contributed by atoms with E-state index in [-0.39, 0.29) is 6.04 Å². The van der Waals surface area contributed by atoms with E-state index in [1.165, 1.54) is 0 Å². The van der Waals surface area contributed by atoms with Crippen molar-refractivity contribution in [1.29, 1.82) is 0 Å². The van der Waals surface area contributed by atoms with Crippen LogP contribution in [0.4, 0.5) is 0 Å². The highest BCUT2D eigenvalue weighted by Crippen LogP contribution is 2.27. The summed E-state index contributed by atoms with van der Waals surface area (Å²) in [5, 5.41) is 7.58. The van der Waals surface area contributed by atoms with Crippen LogP contribution in [-0.4, -0.2) is 55.2 Å². The summed E-state index contributed by atoms with van der Waals surface area (Å²) in [7, 11) is 0. The number of hydrogen-bond acceptors (Lipinski definition) is 4. The van der Waals surface area contributed by atoms with Crippen molar-refractivity contribution < 1.29 is 4.74 Å². The average molecular weight is 402 g/mol. The summed E-state index contributed by atoms with van der Waals surface area (Å²) in [6.45, 7) is 7.36. The minimum absolute atomic E-state index is 0.149. The third kappa shape index (κ3) is 5.92. The van der Waals surface area contributed by atoms with Crippen molar-refractivity contribution in [2.45, 2.75) is 19.5 Å². The number of aromatic nitrogens is 1. The average Bonchev–Trinajstić information content (AvgIpc) is 2.75. The number of halogens is 1. The summed E-state index contributed by atoms with van der Waals surface area (Å²) >= 11 is 6.52. The molecule has 1 aromatic heterocycles. The molecule has 0 bridgehead atoms. The highest BCUT2D eigenvalue weighted by atomic mass is 35.5. The Kier molecular flexibility index (Phi) is 8.08. The molecule has 1 unspecified atom stereocenters. The molecular formula is C21H28ClN5O. The molecule has 2 heterocycles. The number of nitrogens with one attached hydrogen (secondary N) is 2. The summed E-state index contributed by atoms with van der Waals surface area (Å²) < 4.78 is 5.53. The van der Waals surface area contributed by atoms with E-state index in [0.29, 0.717) is 13.1 Å². The first-order valence-corrected chi connectivity index (χ1v) is 10.1. The molecule has 0 radical (unpaired) electrons. The van der Waals surface area contributed by atoms with E-state index in [2.05, 4.69) is 38.5 Å². The molecule has 1 fully saturated rings. The van der Waals surface area contributed by atoms with Crippen molar-refractivity contribution in [3.05, 3.63) is 64.9 Å². The number of aliphatic imine (C=N–C) groups is 1. The van der Waals surface area contributed by atoms with Crippen LogP contribution in [0.5, 0.6) is 0 Å². The Bertz CT molecular complexity index is 749. The van der Waals surface area contributed by atoms with Gasteiger partial charge in [0.05, 0.1) is 31.5 Å². The number of nitrogens with zero attached hydrogens (tertiary/aromatic N) is 3. The molecule has 1 saturated heterocycles. The standard InChI is InChI=1S/C21H28ClN5O/c1-2-23-21(25-15-17-7-5-6-10-24-17)26-16-20(27-11-13-28-14-12-27)18-8-3-4-9-19(18)22/h3-10,20H,2,11-16H2,1H3,(H2,23,25,26). The topological polar surface area (TPSA) is 61.8 Å². The van der Waals surface area contributed by atoms with E-state index in [1.54, 1.807) is 6.20 Å². The highest BCUT2D eigenvalue weighted by molar-refractivity contribution is 6.31. The molecule has 0 saturated carbocycles. The fourth-order valence-corrected chi connectivity index (χ4v) is 3.52. The summed E-state index contributed by atoms with van der Waals surface area (Å²) in [5.41, 5.74) is 2.06. The number of hydrogen-bond donors (Lipinski definition) is 2. The quantitative estimate of drug-likeness (QED) is 0.551. The van der Waals surface area contributed by atoms with Gasteiger partial charge in [-0.05, 0) is 30.7 Å². The predicted molar refractivity (Wildman–Crippen MR) is 114 cm³/mol. The Labute approximate surface area is 172 Å². The van der Waals surface area contributed by atoms with Crippen molar-refractivity contribution in [2.75, 3.05) is 39.4 Å². The molecule has 7 heteroatoms. The maximum Gasteiger partial charge on any atom is 0.191 e. The Balaban J connectivity index is 1.72. The van der Waals surface area contributed by atoms with Crippen LogP contribution in [0.25, 0.3) is 0 Å². The second kappa shape index (κ2) is 11.0. The molecule has 2 aromatic rings. The summed E-state index contributed by atoms with van der Waals surface area (Å²) in [6.07, 6.45) is 1.79. The molecule has 0 spiro atoms. The van der Waals surface area contributed by atoms with E-state index in [4.69, 9.17) is 16.3 Å². The third-order valence-electron chi connectivity index (χ3n) is 4.68. The van der Waals surface area contributed by atoms with Crippen molar-refractivity contribution in [3.8, 4) is 0 Å². The van der Waals surface area contributed by atoms with Gasteiger partial charge in [0.2, 0.25) is 0 Å². The minimum atomic E-state index is 0.149. The normalized spacial score (nSPS) is 16.6. The van der Waals surface area contributed by atoms with Gasteiger partial charge in [-0.3, -0.25) is 9.88 Å². The van der Waals surface area contributed by atoms with Gasteiger partial charge in [0.15, 0.2) is 5.96 Å². The predicted octanol–water partition coefficient (Wildman–Crippen LogP) is 2.86. The van der Waals surface area contributed by atoms with Crippen LogP contribution in [0.3, 0.4) is 0 Å². The maximum absolute atomic E-state index is 6.52. The Morgan fingerprint density at radius 1 is 1.18 bits per heavy atom. The van der Waals surface area contributed by atoms with Gasteiger partial charge >= 0.3 is 0 Å². The molecule has 6 nitrogen and oxygen atoms in total. The molecule has 1 aliphatic rings. The van der Waals surface area contributed by atoms with Crippen molar-refractivity contribution in [2.24, 2.45) is 4.99 Å². The number of pyridine rings is 1. The van der Waals surface area contributed by atoms with E-state index in [0.717, 1.165) is 55.1 Å². The van der Waals surface area contributed by atoms with Crippen molar-refractivity contribution in [1.82, 2.24) is 20.5 Å². The van der Waals surface area contributed by atoms with Gasteiger partial charge in [0.1, 0.15) is 0 Å². The van der Waals surface area contributed by atoms with Crippen LogP contribution in [0.1, 0.15) is 24.2 Å². The zero-order chi connectivity index (χ0) is 19.6. The van der Waals surface area contributed by atoms with Crippen LogP contribution in [0.2, 0.25) is 5.02 Å². The van der Waals surface area contributed by atoms with Crippen LogP contribution in [0.15, 0.2) is 53.7 Å². The number of ether oxygens (including phenoxy) is 1. The van der Waals surface area contributed by atoms with Gasteiger partial charge < -0.3 is 15.4 Å². The molecule has 3 rings (SSSR count). The molecular weight excluding hydrogens is 374 g/mol. The maximum atomic E-state index is 6.52. The summed E-state index contributed by atoms with van der Waals surface area (Å²) in [4.78, 5) is 11.4. The van der Waals surface area contributed by atoms with E-state index in [1.807, 2.05) is 36.4 Å². The number of guanidine groups is 1. The Hall–Kier alpha value is -2.15. The highest BCUT2D eigenvalue weighted by Gasteiger charge is 2.24.